The van der Waals surface area contributed by atoms with E-state index in [0.29, 0.717) is 13.0 Å². The molecule has 1 unspecified atom stereocenters. The third-order valence-electron chi connectivity index (χ3n) is 4.23. The van der Waals surface area contributed by atoms with E-state index in [9.17, 15) is 9.59 Å². The maximum absolute atomic E-state index is 12.3. The Hall–Kier alpha value is -1.10. The highest BCUT2D eigenvalue weighted by Crippen LogP contribution is 2.32. The summed E-state index contributed by atoms with van der Waals surface area (Å²) >= 11 is 0. The summed E-state index contributed by atoms with van der Waals surface area (Å²) in [6.45, 7) is 5.23. The van der Waals surface area contributed by atoms with Gasteiger partial charge in [-0.1, -0.05) is 0 Å². The van der Waals surface area contributed by atoms with Crippen LogP contribution in [0.2, 0.25) is 0 Å². The van der Waals surface area contributed by atoms with E-state index in [2.05, 4.69) is 5.32 Å². The Morgan fingerprint density at radius 1 is 1.25 bits per heavy atom. The number of hydrogen-bond donors (Lipinski definition) is 2. The molecule has 2 amide bonds. The van der Waals surface area contributed by atoms with Gasteiger partial charge in [0.1, 0.15) is 0 Å². The van der Waals surface area contributed by atoms with Crippen molar-refractivity contribution in [1.29, 1.82) is 0 Å². The Balaban J connectivity index is 1.87. The van der Waals surface area contributed by atoms with Gasteiger partial charge in [0.05, 0.1) is 5.92 Å². The quantitative estimate of drug-likeness (QED) is 0.787. The molecule has 2 rings (SSSR count). The number of carbonyl (C=O) groups excluding carboxylic acids is 2. The zero-order valence-corrected chi connectivity index (χ0v) is 12.5. The normalized spacial score (nSPS) is 23.6. The number of aliphatic hydroxyl groups is 1. The summed E-state index contributed by atoms with van der Waals surface area (Å²) in [6.07, 6.45) is 4.30. The minimum atomic E-state index is -0.394. The lowest BCUT2D eigenvalue weighted by atomic mass is 9.94. The lowest BCUT2D eigenvalue weighted by Crippen LogP contribution is -2.51. The number of piperidine rings is 1. The summed E-state index contributed by atoms with van der Waals surface area (Å²) in [6, 6.07) is 0. The number of nitrogens with zero attached hydrogens (tertiary/aromatic N) is 1. The molecule has 0 spiro atoms. The maximum atomic E-state index is 12.3. The van der Waals surface area contributed by atoms with Crippen LogP contribution in [0.3, 0.4) is 0 Å². The molecule has 0 aromatic rings. The highest BCUT2D eigenvalue weighted by molar-refractivity contribution is 5.83. The predicted octanol–water partition coefficient (Wildman–Crippen LogP) is 0.912. The Morgan fingerprint density at radius 3 is 2.55 bits per heavy atom. The molecule has 5 nitrogen and oxygen atoms in total. The van der Waals surface area contributed by atoms with Gasteiger partial charge in [0, 0.05) is 31.2 Å². The van der Waals surface area contributed by atoms with Crippen LogP contribution in [-0.2, 0) is 9.59 Å². The van der Waals surface area contributed by atoms with E-state index in [0.717, 1.165) is 32.2 Å². The summed E-state index contributed by atoms with van der Waals surface area (Å²) in [5.41, 5.74) is -0.394. The number of nitrogens with one attached hydrogen (secondary N) is 1. The summed E-state index contributed by atoms with van der Waals surface area (Å²) in [5.74, 6) is 0.362. The van der Waals surface area contributed by atoms with Crippen molar-refractivity contribution in [3.8, 4) is 0 Å². The van der Waals surface area contributed by atoms with Crippen molar-refractivity contribution in [3.05, 3.63) is 0 Å². The van der Waals surface area contributed by atoms with E-state index in [1.54, 1.807) is 0 Å². The van der Waals surface area contributed by atoms with Gasteiger partial charge in [-0.2, -0.15) is 0 Å². The van der Waals surface area contributed by atoms with Crippen molar-refractivity contribution in [1.82, 2.24) is 10.2 Å². The number of amides is 2. The fourth-order valence-electron chi connectivity index (χ4n) is 2.76. The SMILES string of the molecule is CC(C)(CCO)NC(=O)C1CCCN(C(=O)C2CC2)C1. The second-order valence-electron chi connectivity index (χ2n) is 6.74. The average Bonchev–Trinajstić information content (AvgIpc) is 3.21. The van der Waals surface area contributed by atoms with Crippen LogP contribution in [0.15, 0.2) is 0 Å². The van der Waals surface area contributed by atoms with Gasteiger partial charge in [-0.05, 0) is 46.0 Å². The smallest absolute Gasteiger partial charge is 0.225 e. The van der Waals surface area contributed by atoms with Crippen molar-refractivity contribution in [2.24, 2.45) is 11.8 Å². The fourth-order valence-corrected chi connectivity index (χ4v) is 2.76. The molecule has 1 aliphatic heterocycles. The standard InChI is InChI=1S/C15H26N2O3/c1-15(2,7-9-18)16-13(19)12-4-3-8-17(10-12)14(20)11-5-6-11/h11-12,18H,3-10H2,1-2H3,(H,16,19). The van der Waals surface area contributed by atoms with Crippen LogP contribution < -0.4 is 5.32 Å². The van der Waals surface area contributed by atoms with Crippen LogP contribution in [0.1, 0.15) is 46.0 Å². The number of likely N-dealkylation sites (tertiary alicyclic amines) is 1. The molecule has 1 saturated carbocycles. The first-order valence-corrected chi connectivity index (χ1v) is 7.64. The molecule has 114 valence electrons. The first kappa shape index (κ1) is 15.3. The minimum Gasteiger partial charge on any atom is -0.396 e. The molecule has 2 fully saturated rings. The van der Waals surface area contributed by atoms with E-state index in [-0.39, 0.29) is 30.3 Å². The summed E-state index contributed by atoms with van der Waals surface area (Å²) < 4.78 is 0. The van der Waals surface area contributed by atoms with Crippen LogP contribution in [0.25, 0.3) is 0 Å². The van der Waals surface area contributed by atoms with Gasteiger partial charge in [0.25, 0.3) is 0 Å². The van der Waals surface area contributed by atoms with Crippen LogP contribution >= 0.6 is 0 Å². The van der Waals surface area contributed by atoms with Crippen molar-refractivity contribution in [3.63, 3.8) is 0 Å². The Morgan fingerprint density at radius 2 is 1.95 bits per heavy atom. The highest BCUT2D eigenvalue weighted by Gasteiger charge is 2.37. The van der Waals surface area contributed by atoms with Crippen LogP contribution in [0, 0.1) is 11.8 Å². The van der Waals surface area contributed by atoms with Crippen molar-refractivity contribution in [2.45, 2.75) is 51.5 Å². The van der Waals surface area contributed by atoms with E-state index in [1.165, 1.54) is 0 Å². The molecular formula is C15H26N2O3. The number of hydrogen-bond acceptors (Lipinski definition) is 3. The average molecular weight is 282 g/mol. The summed E-state index contributed by atoms with van der Waals surface area (Å²) in [4.78, 5) is 26.3. The second kappa shape index (κ2) is 6.12. The molecule has 1 atom stereocenters. The molecule has 2 N–H and O–H groups in total. The minimum absolute atomic E-state index is 0.0109. The first-order valence-electron chi connectivity index (χ1n) is 7.64. The Bertz CT molecular complexity index is 377. The van der Waals surface area contributed by atoms with Gasteiger partial charge in [0.15, 0.2) is 0 Å². The summed E-state index contributed by atoms with van der Waals surface area (Å²) in [5, 5.41) is 12.0. The molecule has 0 aromatic heterocycles. The lowest BCUT2D eigenvalue weighted by molar-refractivity contribution is -0.137. The maximum Gasteiger partial charge on any atom is 0.225 e. The molecule has 0 bridgehead atoms. The zero-order valence-electron chi connectivity index (χ0n) is 12.5. The molecule has 0 radical (unpaired) electrons. The topological polar surface area (TPSA) is 69.6 Å². The highest BCUT2D eigenvalue weighted by atomic mass is 16.3. The molecule has 20 heavy (non-hydrogen) atoms. The van der Waals surface area contributed by atoms with E-state index in [4.69, 9.17) is 5.11 Å². The number of aliphatic hydroxyl groups excluding tert-OH is 1. The molecule has 5 heteroatoms. The number of carbonyl (C=O) groups is 2. The van der Waals surface area contributed by atoms with Gasteiger partial charge in [0.2, 0.25) is 11.8 Å². The summed E-state index contributed by atoms with van der Waals surface area (Å²) in [7, 11) is 0. The first-order chi connectivity index (χ1) is 9.43. The van der Waals surface area contributed by atoms with Gasteiger partial charge in [-0.25, -0.2) is 0 Å². The molecule has 1 saturated heterocycles. The fraction of sp³-hybridized carbons (Fsp3) is 0.867. The molecular weight excluding hydrogens is 256 g/mol. The van der Waals surface area contributed by atoms with Crippen LogP contribution in [0.4, 0.5) is 0 Å². The molecule has 0 aromatic carbocycles. The number of rotatable bonds is 5. The molecule has 2 aliphatic rings. The Labute approximate surface area is 120 Å². The van der Waals surface area contributed by atoms with Gasteiger partial charge >= 0.3 is 0 Å². The van der Waals surface area contributed by atoms with Crippen molar-refractivity contribution in [2.75, 3.05) is 19.7 Å². The zero-order chi connectivity index (χ0) is 14.8. The van der Waals surface area contributed by atoms with E-state index in [1.807, 2.05) is 18.7 Å². The molecule has 1 heterocycles. The lowest BCUT2D eigenvalue weighted by Gasteiger charge is -2.34. The monoisotopic (exact) mass is 282 g/mol. The van der Waals surface area contributed by atoms with Crippen molar-refractivity contribution >= 4 is 11.8 Å². The van der Waals surface area contributed by atoms with Crippen LogP contribution in [0.5, 0.6) is 0 Å². The second-order valence-corrected chi connectivity index (χ2v) is 6.74. The van der Waals surface area contributed by atoms with Gasteiger partial charge < -0.3 is 15.3 Å². The van der Waals surface area contributed by atoms with E-state index < -0.39 is 5.54 Å². The van der Waals surface area contributed by atoms with Crippen molar-refractivity contribution < 1.29 is 14.7 Å². The van der Waals surface area contributed by atoms with Gasteiger partial charge in [-0.15, -0.1) is 0 Å². The van der Waals surface area contributed by atoms with Gasteiger partial charge in [-0.3, -0.25) is 9.59 Å². The predicted molar refractivity (Wildman–Crippen MR) is 76.0 cm³/mol. The third-order valence-corrected chi connectivity index (χ3v) is 4.23. The molecule has 1 aliphatic carbocycles. The Kier molecular flexibility index (Phi) is 4.68. The van der Waals surface area contributed by atoms with Crippen LogP contribution in [-0.4, -0.2) is 47.1 Å². The van der Waals surface area contributed by atoms with E-state index >= 15 is 0 Å². The third kappa shape index (κ3) is 3.95. The largest absolute Gasteiger partial charge is 0.396 e.